The van der Waals surface area contributed by atoms with Crippen LogP contribution in [0.1, 0.15) is 29.9 Å². The van der Waals surface area contributed by atoms with Crippen molar-refractivity contribution >= 4 is 37.8 Å². The van der Waals surface area contributed by atoms with Gasteiger partial charge in [-0.3, -0.25) is 4.90 Å². The van der Waals surface area contributed by atoms with E-state index in [0.717, 1.165) is 59.2 Å². The number of methoxy groups -OCH3 is 1. The van der Waals surface area contributed by atoms with Crippen LogP contribution in [0.4, 0.5) is 0 Å². The second-order valence-electron chi connectivity index (χ2n) is 7.94. The standard InChI is InChI=1S/C24H23BrN2O3/c1-29-18-3-5-22-20(12-18)21(13-26-22)15-6-8-27(9-7-15)14-16-10-24(28)30-23-11-17(25)2-4-19(16)23/h2-5,10-13,15,26H,6-9,14H2,1H3. The molecule has 6 heteroatoms. The van der Waals surface area contributed by atoms with E-state index in [4.69, 9.17) is 9.15 Å². The molecule has 2 aromatic heterocycles. The topological polar surface area (TPSA) is 58.5 Å². The van der Waals surface area contributed by atoms with E-state index in [1.165, 1.54) is 10.9 Å². The summed E-state index contributed by atoms with van der Waals surface area (Å²) in [4.78, 5) is 17.9. The minimum absolute atomic E-state index is 0.293. The molecule has 0 spiro atoms. The fourth-order valence-corrected chi connectivity index (χ4v) is 4.90. The Labute approximate surface area is 182 Å². The number of nitrogens with one attached hydrogen (secondary N) is 1. The Morgan fingerprint density at radius 2 is 1.97 bits per heavy atom. The van der Waals surface area contributed by atoms with Crippen LogP contribution in [0, 0.1) is 0 Å². The first-order chi connectivity index (χ1) is 14.6. The van der Waals surface area contributed by atoms with E-state index < -0.39 is 0 Å². The van der Waals surface area contributed by atoms with Gasteiger partial charge in [0.2, 0.25) is 0 Å². The molecule has 1 fully saturated rings. The highest BCUT2D eigenvalue weighted by atomic mass is 79.9. The molecule has 154 valence electrons. The van der Waals surface area contributed by atoms with Crippen molar-refractivity contribution in [3.05, 3.63) is 74.7 Å². The summed E-state index contributed by atoms with van der Waals surface area (Å²) >= 11 is 3.45. The fraction of sp³-hybridized carbons (Fsp3) is 0.292. The summed E-state index contributed by atoms with van der Waals surface area (Å²) in [6, 6.07) is 13.7. The van der Waals surface area contributed by atoms with Crippen LogP contribution in [-0.4, -0.2) is 30.1 Å². The number of benzene rings is 2. The lowest BCUT2D eigenvalue weighted by molar-refractivity contribution is 0.205. The SMILES string of the molecule is COc1ccc2[nH]cc(C3CCN(Cc4cc(=O)oc5cc(Br)ccc45)CC3)c2c1. The number of rotatable bonds is 4. The zero-order valence-electron chi connectivity index (χ0n) is 16.8. The van der Waals surface area contributed by atoms with Gasteiger partial charge >= 0.3 is 5.63 Å². The van der Waals surface area contributed by atoms with E-state index >= 15 is 0 Å². The van der Waals surface area contributed by atoms with Gasteiger partial charge in [0.1, 0.15) is 11.3 Å². The van der Waals surface area contributed by atoms with E-state index in [1.54, 1.807) is 13.2 Å². The molecule has 0 saturated carbocycles. The molecule has 0 atom stereocenters. The maximum Gasteiger partial charge on any atom is 0.336 e. The van der Waals surface area contributed by atoms with E-state index in [9.17, 15) is 4.79 Å². The van der Waals surface area contributed by atoms with Crippen molar-refractivity contribution in [2.24, 2.45) is 0 Å². The summed E-state index contributed by atoms with van der Waals surface area (Å²) < 4.78 is 11.7. The number of nitrogens with zero attached hydrogens (tertiary/aromatic N) is 1. The molecule has 0 bridgehead atoms. The average Bonchev–Trinajstić information content (AvgIpc) is 3.17. The van der Waals surface area contributed by atoms with Crippen LogP contribution in [0.25, 0.3) is 21.9 Å². The smallest absolute Gasteiger partial charge is 0.336 e. The van der Waals surface area contributed by atoms with Gasteiger partial charge in [-0.15, -0.1) is 0 Å². The Kier molecular flexibility index (Phi) is 5.13. The van der Waals surface area contributed by atoms with Crippen molar-refractivity contribution in [2.45, 2.75) is 25.3 Å². The summed E-state index contributed by atoms with van der Waals surface area (Å²) in [5, 5.41) is 2.26. The number of aromatic nitrogens is 1. The predicted molar refractivity (Wildman–Crippen MR) is 122 cm³/mol. The van der Waals surface area contributed by atoms with Crippen LogP contribution in [0.2, 0.25) is 0 Å². The van der Waals surface area contributed by atoms with Crippen LogP contribution in [0.3, 0.4) is 0 Å². The van der Waals surface area contributed by atoms with Gasteiger partial charge in [0.15, 0.2) is 0 Å². The summed E-state index contributed by atoms with van der Waals surface area (Å²) in [6.45, 7) is 2.76. The third-order valence-corrected chi connectivity index (χ3v) is 6.63. The summed E-state index contributed by atoms with van der Waals surface area (Å²) in [7, 11) is 1.71. The first-order valence-corrected chi connectivity index (χ1v) is 11.0. The number of halogens is 1. The second kappa shape index (κ2) is 7.93. The monoisotopic (exact) mass is 466 g/mol. The lowest BCUT2D eigenvalue weighted by atomic mass is 9.89. The van der Waals surface area contributed by atoms with Gasteiger partial charge in [0, 0.05) is 39.6 Å². The molecule has 5 rings (SSSR count). The first kappa shape index (κ1) is 19.4. The van der Waals surface area contributed by atoms with Gasteiger partial charge in [0.05, 0.1) is 7.11 Å². The van der Waals surface area contributed by atoms with E-state index in [-0.39, 0.29) is 5.63 Å². The third kappa shape index (κ3) is 3.66. The van der Waals surface area contributed by atoms with Crippen LogP contribution < -0.4 is 10.4 Å². The molecule has 1 aliphatic heterocycles. The zero-order valence-corrected chi connectivity index (χ0v) is 18.4. The van der Waals surface area contributed by atoms with E-state index in [1.807, 2.05) is 24.3 Å². The largest absolute Gasteiger partial charge is 0.497 e. The molecule has 30 heavy (non-hydrogen) atoms. The number of aromatic amines is 1. The molecule has 5 nitrogen and oxygen atoms in total. The quantitative estimate of drug-likeness (QED) is 0.407. The Balaban J connectivity index is 1.34. The Morgan fingerprint density at radius 1 is 1.13 bits per heavy atom. The second-order valence-corrected chi connectivity index (χ2v) is 8.85. The van der Waals surface area contributed by atoms with Gasteiger partial charge in [-0.2, -0.15) is 0 Å². The number of likely N-dealkylation sites (tertiary alicyclic amines) is 1. The summed E-state index contributed by atoms with van der Waals surface area (Å²) in [5.41, 5.74) is 3.90. The van der Waals surface area contributed by atoms with E-state index in [0.29, 0.717) is 11.5 Å². The van der Waals surface area contributed by atoms with E-state index in [2.05, 4.69) is 44.1 Å². The minimum atomic E-state index is -0.293. The number of H-pyrrole nitrogens is 1. The van der Waals surface area contributed by atoms with Gasteiger partial charge < -0.3 is 14.1 Å². The molecule has 1 N–H and O–H groups in total. The molecule has 1 aliphatic rings. The number of hydrogen-bond donors (Lipinski definition) is 1. The molecular formula is C24H23BrN2O3. The molecule has 3 heterocycles. The summed E-state index contributed by atoms with van der Waals surface area (Å²) in [6.07, 6.45) is 4.34. The van der Waals surface area contributed by atoms with Crippen LogP contribution in [-0.2, 0) is 6.54 Å². The molecule has 2 aromatic carbocycles. The van der Waals surface area contributed by atoms with Gasteiger partial charge in [-0.05, 0) is 79.4 Å². The van der Waals surface area contributed by atoms with Gasteiger partial charge in [0.25, 0.3) is 0 Å². The lowest BCUT2D eigenvalue weighted by Gasteiger charge is -2.32. The Bertz CT molecular complexity index is 1270. The van der Waals surface area contributed by atoms with Crippen molar-refractivity contribution in [1.82, 2.24) is 9.88 Å². The lowest BCUT2D eigenvalue weighted by Crippen LogP contribution is -2.32. The molecule has 0 radical (unpaired) electrons. The number of ether oxygens (including phenoxy) is 1. The van der Waals surface area contributed by atoms with Crippen molar-refractivity contribution in [1.29, 1.82) is 0 Å². The maximum atomic E-state index is 12.0. The van der Waals surface area contributed by atoms with Gasteiger partial charge in [-0.25, -0.2) is 4.79 Å². The van der Waals surface area contributed by atoms with Crippen LogP contribution in [0.5, 0.6) is 5.75 Å². The highest BCUT2D eigenvalue weighted by molar-refractivity contribution is 9.10. The Morgan fingerprint density at radius 3 is 2.77 bits per heavy atom. The minimum Gasteiger partial charge on any atom is -0.497 e. The highest BCUT2D eigenvalue weighted by Gasteiger charge is 2.23. The molecule has 1 saturated heterocycles. The first-order valence-electron chi connectivity index (χ1n) is 10.2. The molecule has 4 aromatic rings. The predicted octanol–water partition coefficient (Wildman–Crippen LogP) is 5.43. The summed E-state index contributed by atoms with van der Waals surface area (Å²) in [5.74, 6) is 1.41. The number of hydrogen-bond acceptors (Lipinski definition) is 4. The zero-order chi connectivity index (χ0) is 20.7. The van der Waals surface area contributed by atoms with Crippen LogP contribution >= 0.6 is 15.9 Å². The van der Waals surface area contributed by atoms with Crippen molar-refractivity contribution < 1.29 is 9.15 Å². The maximum absolute atomic E-state index is 12.0. The normalized spacial score (nSPS) is 15.8. The molecular weight excluding hydrogens is 444 g/mol. The van der Waals surface area contributed by atoms with Crippen molar-refractivity contribution in [3.63, 3.8) is 0 Å². The molecule has 0 aliphatic carbocycles. The third-order valence-electron chi connectivity index (χ3n) is 6.13. The van der Waals surface area contributed by atoms with Gasteiger partial charge in [-0.1, -0.05) is 15.9 Å². The van der Waals surface area contributed by atoms with Crippen molar-refractivity contribution in [3.8, 4) is 5.75 Å². The van der Waals surface area contributed by atoms with Crippen molar-refractivity contribution in [2.75, 3.05) is 20.2 Å². The molecule has 0 amide bonds. The fourth-order valence-electron chi connectivity index (χ4n) is 4.56. The van der Waals surface area contributed by atoms with Crippen LogP contribution in [0.15, 0.2) is 62.3 Å². The number of piperidine rings is 1. The Hall–Kier alpha value is -2.57. The average molecular weight is 467 g/mol. The highest BCUT2D eigenvalue weighted by Crippen LogP contribution is 2.35. The molecule has 0 unspecified atom stereocenters. The number of fused-ring (bicyclic) bond motifs is 2.